The van der Waals surface area contributed by atoms with E-state index in [1.165, 1.54) is 28.6 Å². The van der Waals surface area contributed by atoms with Crippen molar-refractivity contribution in [2.24, 2.45) is 0 Å². The summed E-state index contributed by atoms with van der Waals surface area (Å²) in [7, 11) is -4.16. The van der Waals surface area contributed by atoms with Crippen LogP contribution in [0.5, 0.6) is 0 Å². The lowest BCUT2D eigenvalue weighted by Crippen LogP contribution is -2.37. The highest BCUT2D eigenvalue weighted by Crippen LogP contribution is 2.60. The first-order valence-corrected chi connectivity index (χ1v) is 12.4. The van der Waals surface area contributed by atoms with Gasteiger partial charge in [0, 0.05) is 11.9 Å². The molecule has 2 unspecified atom stereocenters. The van der Waals surface area contributed by atoms with Crippen molar-refractivity contribution < 1.29 is 41.5 Å². The SMILES string of the molecule is C[N+](C)(C)CCOP(=O)(O)OP(=O)(O)OC[C@@H]1O[C@H](n2ccc(N)nc2=O)CS1. The predicted octanol–water partition coefficient (Wildman–Crippen LogP) is 0.370. The number of likely N-dealkylation sites (N-methyl/N-ethyl adjacent to an activating group) is 1. The van der Waals surface area contributed by atoms with E-state index >= 15 is 0 Å². The second-order valence-corrected chi connectivity index (χ2v) is 11.3. The number of anilines is 1. The highest BCUT2D eigenvalue weighted by atomic mass is 32.2. The van der Waals surface area contributed by atoms with Crippen LogP contribution in [-0.4, -0.2) is 75.9 Å². The molecule has 0 spiro atoms. The van der Waals surface area contributed by atoms with Gasteiger partial charge in [-0.2, -0.15) is 9.29 Å². The molecule has 0 amide bonds. The van der Waals surface area contributed by atoms with Gasteiger partial charge in [0.25, 0.3) is 0 Å². The van der Waals surface area contributed by atoms with E-state index in [4.69, 9.17) is 15.0 Å². The number of hydrogen-bond acceptors (Lipinski definition) is 10. The maximum absolute atomic E-state index is 11.9. The van der Waals surface area contributed by atoms with Crippen molar-refractivity contribution in [1.82, 2.24) is 9.55 Å². The number of rotatable bonds is 10. The number of nitrogens with two attached hydrogens (primary N) is 1. The van der Waals surface area contributed by atoms with E-state index in [9.17, 15) is 23.7 Å². The van der Waals surface area contributed by atoms with Gasteiger partial charge in [0.2, 0.25) is 0 Å². The van der Waals surface area contributed by atoms with Crippen LogP contribution >= 0.6 is 27.4 Å². The van der Waals surface area contributed by atoms with E-state index in [-0.39, 0.29) is 12.4 Å². The van der Waals surface area contributed by atoms with Gasteiger partial charge in [-0.05, 0) is 6.07 Å². The second-order valence-electron chi connectivity index (χ2n) is 7.06. The highest BCUT2D eigenvalue weighted by Gasteiger charge is 2.37. The molecule has 0 bridgehead atoms. The Morgan fingerprint density at radius 3 is 2.62 bits per heavy atom. The molecule has 16 heteroatoms. The lowest BCUT2D eigenvalue weighted by Gasteiger charge is -2.24. The standard InChI is InChI=1S/C13H24N4O9P2S/c1-17(2,3)6-7-23-27(19,20)26-28(21,22)24-8-12-25-11(9-29-12)16-5-4-10(14)15-13(16)18/h4-5,11-12H,6-9H2,1-3H3,(H3-,14,15,18,19,20,21,22)/p+1/t11-,12+/m0/s1. The van der Waals surface area contributed by atoms with Crippen molar-refractivity contribution in [2.75, 3.05) is 52.4 Å². The molecular weight excluding hydrogens is 450 g/mol. The number of thioether (sulfide) groups is 1. The van der Waals surface area contributed by atoms with Crippen LogP contribution in [0.1, 0.15) is 6.23 Å². The van der Waals surface area contributed by atoms with Crippen LogP contribution in [-0.2, 0) is 27.2 Å². The zero-order valence-corrected chi connectivity index (χ0v) is 18.7. The molecule has 1 aromatic heterocycles. The highest BCUT2D eigenvalue weighted by molar-refractivity contribution is 8.00. The average Bonchev–Trinajstić information content (AvgIpc) is 2.99. The summed E-state index contributed by atoms with van der Waals surface area (Å²) in [6.07, 6.45) is 0.755. The molecule has 1 aromatic rings. The zero-order valence-electron chi connectivity index (χ0n) is 16.1. The first kappa shape index (κ1) is 24.5. The monoisotopic (exact) mass is 475 g/mol. The smallest absolute Gasteiger partial charge is 0.383 e. The molecule has 0 saturated carbocycles. The molecule has 29 heavy (non-hydrogen) atoms. The number of phosphoric acid groups is 2. The first-order valence-electron chi connectivity index (χ1n) is 8.34. The molecule has 1 saturated heterocycles. The Morgan fingerprint density at radius 2 is 2.00 bits per heavy atom. The molecule has 13 nitrogen and oxygen atoms in total. The number of aromatic nitrogens is 2. The maximum atomic E-state index is 11.9. The molecule has 0 aliphatic carbocycles. The Hall–Kier alpha value is -0.790. The molecule has 0 radical (unpaired) electrons. The van der Waals surface area contributed by atoms with Crippen molar-refractivity contribution in [3.05, 3.63) is 22.7 Å². The molecule has 2 rings (SSSR count). The summed E-state index contributed by atoms with van der Waals surface area (Å²) in [5.74, 6) is 0.426. The largest absolute Gasteiger partial charge is 0.481 e. The molecule has 1 aliphatic rings. The minimum atomic E-state index is -4.89. The third-order valence-electron chi connectivity index (χ3n) is 3.49. The fraction of sp³-hybridized carbons (Fsp3) is 0.692. The van der Waals surface area contributed by atoms with Gasteiger partial charge in [0.15, 0.2) is 0 Å². The average molecular weight is 475 g/mol. The van der Waals surface area contributed by atoms with Gasteiger partial charge in [-0.3, -0.25) is 13.6 Å². The van der Waals surface area contributed by atoms with Crippen LogP contribution in [0.25, 0.3) is 0 Å². The van der Waals surface area contributed by atoms with E-state index in [2.05, 4.69) is 13.8 Å². The van der Waals surface area contributed by atoms with Gasteiger partial charge in [-0.15, -0.1) is 11.8 Å². The van der Waals surface area contributed by atoms with Crippen LogP contribution < -0.4 is 11.4 Å². The van der Waals surface area contributed by atoms with Crippen LogP contribution in [0.2, 0.25) is 0 Å². The van der Waals surface area contributed by atoms with Crippen LogP contribution in [0.15, 0.2) is 17.1 Å². The second kappa shape index (κ2) is 9.56. The summed E-state index contributed by atoms with van der Waals surface area (Å²) in [5, 5.41) is 0. The number of phosphoric ester groups is 2. The summed E-state index contributed by atoms with van der Waals surface area (Å²) in [6, 6.07) is 1.44. The van der Waals surface area contributed by atoms with E-state index in [0.29, 0.717) is 16.8 Å². The summed E-state index contributed by atoms with van der Waals surface area (Å²) in [6.45, 7) is -0.215. The van der Waals surface area contributed by atoms with Crippen LogP contribution in [0.3, 0.4) is 0 Å². The third-order valence-corrected chi connectivity index (χ3v) is 7.22. The van der Waals surface area contributed by atoms with Gasteiger partial charge in [-0.1, -0.05) is 0 Å². The van der Waals surface area contributed by atoms with Crippen LogP contribution in [0.4, 0.5) is 5.82 Å². The number of quaternary nitrogens is 1. The Bertz CT molecular complexity index is 861. The fourth-order valence-corrected chi connectivity index (χ4v) is 5.23. The third kappa shape index (κ3) is 8.46. The molecule has 2 heterocycles. The molecule has 0 aromatic carbocycles. The lowest BCUT2D eigenvalue weighted by molar-refractivity contribution is -0.870. The van der Waals surface area contributed by atoms with E-state index in [1.807, 2.05) is 21.1 Å². The van der Waals surface area contributed by atoms with Crippen molar-refractivity contribution >= 4 is 33.2 Å². The van der Waals surface area contributed by atoms with Crippen molar-refractivity contribution in [3.8, 4) is 0 Å². The van der Waals surface area contributed by atoms with Crippen LogP contribution in [0, 0.1) is 0 Å². The first-order chi connectivity index (χ1) is 13.3. The molecule has 4 N–H and O–H groups in total. The van der Waals surface area contributed by atoms with Gasteiger partial charge < -0.3 is 24.7 Å². The molecule has 4 atom stereocenters. The number of nitrogens with zero attached hydrogens (tertiary/aromatic N) is 3. The van der Waals surface area contributed by atoms with Gasteiger partial charge in [0.1, 0.15) is 30.6 Å². The number of ether oxygens (including phenoxy) is 1. The quantitative estimate of drug-likeness (QED) is 0.314. The predicted molar refractivity (Wildman–Crippen MR) is 105 cm³/mol. The fourth-order valence-electron chi connectivity index (χ4n) is 2.08. The summed E-state index contributed by atoms with van der Waals surface area (Å²) < 4.78 is 44.7. The Morgan fingerprint density at radius 1 is 1.34 bits per heavy atom. The lowest BCUT2D eigenvalue weighted by atomic mass is 10.5. The van der Waals surface area contributed by atoms with Crippen molar-refractivity contribution in [2.45, 2.75) is 11.7 Å². The van der Waals surface area contributed by atoms with Gasteiger partial charge in [-0.25, -0.2) is 13.9 Å². The molecule has 166 valence electrons. The van der Waals surface area contributed by atoms with Crippen molar-refractivity contribution in [3.63, 3.8) is 0 Å². The minimum absolute atomic E-state index is 0.0762. The number of nitrogen functional groups attached to an aromatic ring is 1. The Labute approximate surface area is 171 Å². The zero-order chi connectivity index (χ0) is 21.9. The minimum Gasteiger partial charge on any atom is -0.383 e. The normalized spacial score (nSPS) is 24.2. The molecular formula is C13H25N4O9P2S+. The maximum Gasteiger partial charge on any atom is 0.481 e. The Kier molecular flexibility index (Phi) is 8.07. The van der Waals surface area contributed by atoms with Gasteiger partial charge >= 0.3 is 21.3 Å². The Balaban J connectivity index is 1.83. The van der Waals surface area contributed by atoms with E-state index < -0.39 is 39.6 Å². The topological polar surface area (TPSA) is 172 Å². The summed E-state index contributed by atoms with van der Waals surface area (Å²) in [4.78, 5) is 34.7. The molecule has 1 aliphatic heterocycles. The van der Waals surface area contributed by atoms with Crippen molar-refractivity contribution in [1.29, 1.82) is 0 Å². The number of hydrogen-bond donors (Lipinski definition) is 3. The van der Waals surface area contributed by atoms with E-state index in [1.54, 1.807) is 0 Å². The summed E-state index contributed by atoms with van der Waals surface area (Å²) in [5.41, 5.74) is 4.12. The summed E-state index contributed by atoms with van der Waals surface area (Å²) >= 11 is 1.21. The van der Waals surface area contributed by atoms with Gasteiger partial charge in [0.05, 0.1) is 27.7 Å². The molecule has 1 fully saturated rings. The van der Waals surface area contributed by atoms with E-state index in [0.717, 1.165) is 0 Å².